The highest BCUT2D eigenvalue weighted by Gasteiger charge is 2.14. The van der Waals surface area contributed by atoms with E-state index in [9.17, 15) is 9.90 Å². The summed E-state index contributed by atoms with van der Waals surface area (Å²) < 4.78 is 1.77. The third-order valence-electron chi connectivity index (χ3n) is 4.08. The van der Waals surface area contributed by atoms with E-state index in [1.54, 1.807) is 22.9 Å². The van der Waals surface area contributed by atoms with Crippen LogP contribution in [0, 0.1) is 11.8 Å². The summed E-state index contributed by atoms with van der Waals surface area (Å²) >= 11 is 0. The van der Waals surface area contributed by atoms with E-state index >= 15 is 0 Å². The van der Waals surface area contributed by atoms with Crippen LogP contribution in [0.4, 0.5) is 0 Å². The number of carbonyl (C=O) groups is 1. The molecule has 120 valence electrons. The van der Waals surface area contributed by atoms with Gasteiger partial charge in [0.25, 0.3) is 0 Å². The maximum Gasteiger partial charge on any atom is 0.337 e. The van der Waals surface area contributed by atoms with Gasteiger partial charge in [0.05, 0.1) is 16.9 Å². The molecule has 0 spiro atoms. The molecule has 0 saturated heterocycles. The summed E-state index contributed by atoms with van der Waals surface area (Å²) in [6.07, 6.45) is 10.4. The number of allylic oxidation sites excluding steroid dienone is 1. The van der Waals surface area contributed by atoms with Crippen LogP contribution in [-0.2, 0) is 6.42 Å². The van der Waals surface area contributed by atoms with E-state index in [0.717, 1.165) is 23.2 Å². The topological polar surface area (TPSA) is 55.1 Å². The molecule has 0 radical (unpaired) electrons. The Labute approximate surface area is 145 Å². The van der Waals surface area contributed by atoms with Gasteiger partial charge >= 0.3 is 5.97 Å². The predicted octanol–water partition coefficient (Wildman–Crippen LogP) is 3.54. The molecule has 0 aliphatic heterocycles. The van der Waals surface area contributed by atoms with Crippen molar-refractivity contribution in [1.82, 2.24) is 9.55 Å². The lowest BCUT2D eigenvalue weighted by atomic mass is 10.1. The quantitative estimate of drug-likeness (QED) is 0.733. The van der Waals surface area contributed by atoms with Gasteiger partial charge in [-0.25, -0.2) is 4.79 Å². The molecular formula is C21H14N2O2. The van der Waals surface area contributed by atoms with E-state index in [-0.39, 0.29) is 5.56 Å². The monoisotopic (exact) mass is 326 g/mol. The van der Waals surface area contributed by atoms with Crippen molar-refractivity contribution in [3.63, 3.8) is 0 Å². The molecule has 1 N–H and O–H groups in total. The van der Waals surface area contributed by atoms with Gasteiger partial charge in [0.1, 0.15) is 0 Å². The van der Waals surface area contributed by atoms with Crippen molar-refractivity contribution in [2.75, 3.05) is 0 Å². The van der Waals surface area contributed by atoms with Gasteiger partial charge in [-0.1, -0.05) is 30.1 Å². The Bertz CT molecular complexity index is 1050. The second-order valence-electron chi connectivity index (χ2n) is 5.71. The van der Waals surface area contributed by atoms with Crippen LogP contribution < -0.4 is 0 Å². The van der Waals surface area contributed by atoms with Crippen molar-refractivity contribution in [3.8, 4) is 17.5 Å². The molecule has 25 heavy (non-hydrogen) atoms. The standard InChI is InChI=1S/C21H14N2O2/c24-21(25)18-7-3-5-16(20(18)23-11-1-2-12-23)10-9-15-13-17-6-4-8-19(17)22-14-15/h1-7,11-14H,8H2,(H,24,25). The first kappa shape index (κ1) is 15.0. The van der Waals surface area contributed by atoms with Crippen molar-refractivity contribution in [2.24, 2.45) is 0 Å². The van der Waals surface area contributed by atoms with Gasteiger partial charge in [0.2, 0.25) is 0 Å². The number of aromatic nitrogens is 2. The van der Waals surface area contributed by atoms with Gasteiger partial charge < -0.3 is 9.67 Å². The Morgan fingerprint density at radius 1 is 1.16 bits per heavy atom. The predicted molar refractivity (Wildman–Crippen MR) is 95.7 cm³/mol. The second-order valence-corrected chi connectivity index (χ2v) is 5.71. The van der Waals surface area contributed by atoms with Gasteiger partial charge in [-0.3, -0.25) is 4.98 Å². The Hall–Kier alpha value is -3.58. The molecule has 3 aromatic rings. The number of fused-ring (bicyclic) bond motifs is 1. The molecule has 0 fully saturated rings. The first-order chi connectivity index (χ1) is 12.2. The molecule has 1 aliphatic rings. The lowest BCUT2D eigenvalue weighted by Crippen LogP contribution is -2.06. The highest BCUT2D eigenvalue weighted by molar-refractivity contribution is 5.93. The molecular weight excluding hydrogens is 312 g/mol. The average molecular weight is 326 g/mol. The summed E-state index contributed by atoms with van der Waals surface area (Å²) in [4.78, 5) is 16.0. The summed E-state index contributed by atoms with van der Waals surface area (Å²) in [6, 6.07) is 10.8. The highest BCUT2D eigenvalue weighted by Crippen LogP contribution is 2.21. The Balaban J connectivity index is 1.81. The third-order valence-corrected chi connectivity index (χ3v) is 4.08. The summed E-state index contributed by atoms with van der Waals surface area (Å²) in [5.74, 6) is 5.24. The van der Waals surface area contributed by atoms with Gasteiger partial charge in [-0.2, -0.15) is 0 Å². The largest absolute Gasteiger partial charge is 0.478 e. The summed E-state index contributed by atoms with van der Waals surface area (Å²) in [5.41, 5.74) is 4.42. The van der Waals surface area contributed by atoms with Crippen LogP contribution in [0.5, 0.6) is 0 Å². The summed E-state index contributed by atoms with van der Waals surface area (Å²) in [7, 11) is 0. The minimum Gasteiger partial charge on any atom is -0.478 e. The lowest BCUT2D eigenvalue weighted by molar-refractivity contribution is 0.0697. The highest BCUT2D eigenvalue weighted by atomic mass is 16.4. The van der Waals surface area contributed by atoms with Crippen molar-refractivity contribution >= 4 is 12.0 Å². The van der Waals surface area contributed by atoms with Crippen LogP contribution >= 0.6 is 0 Å². The van der Waals surface area contributed by atoms with Crippen LogP contribution in [-0.4, -0.2) is 20.6 Å². The zero-order valence-electron chi connectivity index (χ0n) is 13.3. The number of hydrogen-bond donors (Lipinski definition) is 1. The number of hydrogen-bond acceptors (Lipinski definition) is 2. The van der Waals surface area contributed by atoms with Crippen LogP contribution in [0.25, 0.3) is 11.8 Å². The van der Waals surface area contributed by atoms with Crippen LogP contribution in [0.1, 0.15) is 32.7 Å². The molecule has 0 atom stereocenters. The van der Waals surface area contributed by atoms with E-state index in [2.05, 4.69) is 22.9 Å². The third kappa shape index (κ3) is 2.84. The number of nitrogens with zero attached hydrogens (tertiary/aromatic N) is 2. The Morgan fingerprint density at radius 2 is 2.00 bits per heavy atom. The Kier molecular flexibility index (Phi) is 3.68. The average Bonchev–Trinajstić information content (AvgIpc) is 3.30. The smallest absolute Gasteiger partial charge is 0.337 e. The van der Waals surface area contributed by atoms with Crippen LogP contribution in [0.15, 0.2) is 61.1 Å². The molecule has 2 heterocycles. The van der Waals surface area contributed by atoms with Gasteiger partial charge in [0, 0.05) is 36.1 Å². The molecule has 0 unspecified atom stereocenters. The maximum absolute atomic E-state index is 11.6. The van der Waals surface area contributed by atoms with Crippen molar-refractivity contribution < 1.29 is 9.90 Å². The molecule has 1 aromatic carbocycles. The van der Waals surface area contributed by atoms with Crippen molar-refractivity contribution in [2.45, 2.75) is 6.42 Å². The minimum absolute atomic E-state index is 0.220. The van der Waals surface area contributed by atoms with Crippen molar-refractivity contribution in [3.05, 3.63) is 89.0 Å². The van der Waals surface area contributed by atoms with E-state index in [0.29, 0.717) is 11.3 Å². The fraction of sp³-hybridized carbons (Fsp3) is 0.0476. The Morgan fingerprint density at radius 3 is 2.80 bits per heavy atom. The number of rotatable bonds is 2. The second kappa shape index (κ2) is 6.14. The number of benzene rings is 1. The van der Waals surface area contributed by atoms with Crippen molar-refractivity contribution in [1.29, 1.82) is 0 Å². The van der Waals surface area contributed by atoms with E-state index in [4.69, 9.17) is 0 Å². The fourth-order valence-electron chi connectivity index (χ4n) is 2.91. The molecule has 0 bridgehead atoms. The van der Waals surface area contributed by atoms with Crippen LogP contribution in [0.2, 0.25) is 0 Å². The fourth-order valence-corrected chi connectivity index (χ4v) is 2.91. The van der Waals surface area contributed by atoms with E-state index < -0.39 is 5.97 Å². The number of para-hydroxylation sites is 1. The number of pyridine rings is 1. The molecule has 4 rings (SSSR count). The van der Waals surface area contributed by atoms with Gasteiger partial charge in [-0.05, 0) is 35.9 Å². The van der Waals surface area contributed by atoms with Crippen LogP contribution in [0.3, 0.4) is 0 Å². The lowest BCUT2D eigenvalue weighted by Gasteiger charge is -2.10. The zero-order valence-corrected chi connectivity index (χ0v) is 13.3. The first-order valence-corrected chi connectivity index (χ1v) is 7.89. The number of aromatic carboxylic acids is 1. The molecule has 4 heteroatoms. The van der Waals surface area contributed by atoms with E-state index in [1.165, 1.54) is 0 Å². The molecule has 1 aliphatic carbocycles. The minimum atomic E-state index is -0.975. The summed E-state index contributed by atoms with van der Waals surface area (Å²) in [6.45, 7) is 0. The summed E-state index contributed by atoms with van der Waals surface area (Å²) in [5, 5.41) is 9.50. The maximum atomic E-state index is 11.6. The number of carboxylic acids is 1. The SMILES string of the molecule is O=C(O)c1cccc(C#Cc2cnc3c(c2)C=CC3)c1-n1cccc1. The van der Waals surface area contributed by atoms with Gasteiger partial charge in [-0.15, -0.1) is 0 Å². The molecule has 2 aromatic heterocycles. The first-order valence-electron chi connectivity index (χ1n) is 7.89. The normalized spacial score (nSPS) is 11.7. The molecule has 0 amide bonds. The zero-order chi connectivity index (χ0) is 17.2. The molecule has 0 saturated carbocycles. The molecule has 4 nitrogen and oxygen atoms in total. The number of carboxylic acid groups (broad SMARTS) is 1. The van der Waals surface area contributed by atoms with E-state index in [1.807, 2.05) is 42.7 Å². The van der Waals surface area contributed by atoms with Gasteiger partial charge in [0.15, 0.2) is 0 Å².